The van der Waals surface area contributed by atoms with Crippen LogP contribution >= 0.6 is 0 Å². The molecule has 1 aliphatic carbocycles. The van der Waals surface area contributed by atoms with Crippen LogP contribution in [0.3, 0.4) is 0 Å². The Bertz CT molecular complexity index is 403. The molecule has 0 bridgehead atoms. The smallest absolute Gasteiger partial charge is 0.166 e. The minimum absolute atomic E-state index is 0.0791. The van der Waals surface area contributed by atoms with Crippen molar-refractivity contribution >= 4 is 5.82 Å². The Morgan fingerprint density at radius 1 is 1.62 bits per heavy atom. The van der Waals surface area contributed by atoms with E-state index in [2.05, 4.69) is 21.6 Å². The zero-order valence-electron chi connectivity index (χ0n) is 9.23. The van der Waals surface area contributed by atoms with Gasteiger partial charge in [0.15, 0.2) is 5.82 Å². The molecular formula is C11H14N4O. The van der Waals surface area contributed by atoms with E-state index in [4.69, 9.17) is 10.00 Å². The molecule has 1 aromatic rings. The minimum atomic E-state index is -0.0791. The third-order valence-electron chi connectivity index (χ3n) is 3.12. The fraction of sp³-hybridized carbons (Fsp3) is 0.545. The van der Waals surface area contributed by atoms with Crippen molar-refractivity contribution in [1.29, 1.82) is 5.26 Å². The maximum Gasteiger partial charge on any atom is 0.166 e. The molecule has 0 amide bonds. The number of rotatable bonds is 4. The van der Waals surface area contributed by atoms with Gasteiger partial charge in [0.2, 0.25) is 0 Å². The molecular weight excluding hydrogens is 204 g/mol. The van der Waals surface area contributed by atoms with E-state index in [1.807, 2.05) is 0 Å². The largest absolute Gasteiger partial charge is 0.376 e. The second-order valence-electron chi connectivity index (χ2n) is 4.00. The molecule has 0 atom stereocenters. The number of hydrogen-bond donors (Lipinski definition) is 1. The van der Waals surface area contributed by atoms with Gasteiger partial charge in [-0.3, -0.25) is 0 Å². The van der Waals surface area contributed by atoms with Crippen LogP contribution in [0.4, 0.5) is 5.82 Å². The molecule has 0 aromatic carbocycles. The monoisotopic (exact) mass is 218 g/mol. The van der Waals surface area contributed by atoms with E-state index in [1.54, 1.807) is 13.2 Å². The van der Waals surface area contributed by atoms with Crippen molar-refractivity contribution in [1.82, 2.24) is 10.2 Å². The number of methoxy groups -OCH3 is 1. The molecule has 1 N–H and O–H groups in total. The van der Waals surface area contributed by atoms with Crippen LogP contribution in [0, 0.1) is 11.3 Å². The van der Waals surface area contributed by atoms with E-state index in [0.717, 1.165) is 12.8 Å². The van der Waals surface area contributed by atoms with Crippen molar-refractivity contribution < 1.29 is 4.74 Å². The lowest BCUT2D eigenvalue weighted by Crippen LogP contribution is -2.45. The zero-order chi connectivity index (χ0) is 11.4. The summed E-state index contributed by atoms with van der Waals surface area (Å²) in [6.07, 6.45) is 4.82. The van der Waals surface area contributed by atoms with E-state index >= 15 is 0 Å². The Morgan fingerprint density at radius 2 is 2.44 bits per heavy atom. The lowest BCUT2D eigenvalue weighted by Gasteiger charge is -2.40. The molecule has 5 heteroatoms. The summed E-state index contributed by atoms with van der Waals surface area (Å²) < 4.78 is 5.48. The van der Waals surface area contributed by atoms with Crippen LogP contribution in [0.15, 0.2) is 12.3 Å². The van der Waals surface area contributed by atoms with Crippen LogP contribution in [0.5, 0.6) is 0 Å². The second kappa shape index (κ2) is 4.45. The van der Waals surface area contributed by atoms with Crippen molar-refractivity contribution in [2.45, 2.75) is 24.9 Å². The van der Waals surface area contributed by atoms with Gasteiger partial charge < -0.3 is 10.1 Å². The number of ether oxygens (including phenoxy) is 1. The van der Waals surface area contributed by atoms with E-state index in [-0.39, 0.29) is 5.60 Å². The van der Waals surface area contributed by atoms with Gasteiger partial charge in [0.1, 0.15) is 6.07 Å². The number of nitrogens with one attached hydrogen (secondary N) is 1. The fourth-order valence-corrected chi connectivity index (χ4v) is 1.82. The standard InChI is InChI=1S/C11H14N4O/c1-16-11(4-2-5-11)8-13-10-9(7-12)3-6-14-15-10/h3,6H,2,4-5,8H2,1H3,(H,13,15). The van der Waals surface area contributed by atoms with E-state index in [0.29, 0.717) is 17.9 Å². The maximum absolute atomic E-state index is 8.89. The predicted octanol–water partition coefficient (Wildman–Crippen LogP) is 1.33. The van der Waals surface area contributed by atoms with Gasteiger partial charge in [0.25, 0.3) is 0 Å². The Labute approximate surface area is 94.4 Å². The Balaban J connectivity index is 2.02. The molecule has 2 rings (SSSR count). The minimum Gasteiger partial charge on any atom is -0.376 e. The molecule has 0 unspecified atom stereocenters. The molecule has 0 aliphatic heterocycles. The van der Waals surface area contributed by atoms with Crippen molar-refractivity contribution in [3.8, 4) is 6.07 Å². The lowest BCUT2D eigenvalue weighted by molar-refractivity contribution is -0.0601. The van der Waals surface area contributed by atoms with E-state index < -0.39 is 0 Å². The third-order valence-corrected chi connectivity index (χ3v) is 3.12. The maximum atomic E-state index is 8.89. The first-order valence-corrected chi connectivity index (χ1v) is 5.30. The van der Waals surface area contributed by atoms with Crippen LogP contribution in [0.2, 0.25) is 0 Å². The molecule has 0 saturated heterocycles. The first kappa shape index (κ1) is 10.8. The summed E-state index contributed by atoms with van der Waals surface area (Å²) in [5.74, 6) is 0.535. The zero-order valence-corrected chi connectivity index (χ0v) is 9.23. The number of nitriles is 1. The molecule has 1 heterocycles. The summed E-state index contributed by atoms with van der Waals surface area (Å²) in [4.78, 5) is 0. The summed E-state index contributed by atoms with van der Waals surface area (Å²) in [5.41, 5.74) is 0.435. The summed E-state index contributed by atoms with van der Waals surface area (Å²) in [6, 6.07) is 3.73. The van der Waals surface area contributed by atoms with Crippen LogP contribution in [0.25, 0.3) is 0 Å². The summed E-state index contributed by atoms with van der Waals surface area (Å²) in [7, 11) is 1.72. The number of aromatic nitrogens is 2. The molecule has 5 nitrogen and oxygen atoms in total. The summed E-state index contributed by atoms with van der Waals surface area (Å²) in [5, 5.41) is 19.7. The van der Waals surface area contributed by atoms with Gasteiger partial charge in [-0.1, -0.05) is 0 Å². The molecule has 1 fully saturated rings. The lowest BCUT2D eigenvalue weighted by atomic mass is 9.80. The fourth-order valence-electron chi connectivity index (χ4n) is 1.82. The number of anilines is 1. The first-order valence-electron chi connectivity index (χ1n) is 5.30. The van der Waals surface area contributed by atoms with Crippen LogP contribution in [-0.4, -0.2) is 29.5 Å². The van der Waals surface area contributed by atoms with E-state index in [1.165, 1.54) is 12.6 Å². The Hall–Kier alpha value is -1.67. The van der Waals surface area contributed by atoms with Gasteiger partial charge in [-0.25, -0.2) is 0 Å². The highest BCUT2D eigenvalue weighted by Crippen LogP contribution is 2.35. The van der Waals surface area contributed by atoms with Gasteiger partial charge in [-0.05, 0) is 25.3 Å². The van der Waals surface area contributed by atoms with Gasteiger partial charge in [0.05, 0.1) is 17.4 Å². The van der Waals surface area contributed by atoms with Crippen molar-refractivity contribution in [2.75, 3.05) is 19.0 Å². The third kappa shape index (κ3) is 1.97. The molecule has 0 spiro atoms. The average molecular weight is 218 g/mol. The summed E-state index contributed by atoms with van der Waals surface area (Å²) in [6.45, 7) is 0.677. The Morgan fingerprint density at radius 3 is 3.00 bits per heavy atom. The van der Waals surface area contributed by atoms with Crippen LogP contribution in [-0.2, 0) is 4.74 Å². The quantitative estimate of drug-likeness (QED) is 0.825. The topological polar surface area (TPSA) is 70.8 Å². The van der Waals surface area contributed by atoms with Crippen LogP contribution < -0.4 is 5.32 Å². The van der Waals surface area contributed by atoms with Crippen molar-refractivity contribution in [3.05, 3.63) is 17.8 Å². The molecule has 1 aliphatic rings. The average Bonchev–Trinajstić information content (AvgIpc) is 2.29. The molecule has 0 radical (unpaired) electrons. The van der Waals surface area contributed by atoms with Crippen LogP contribution in [0.1, 0.15) is 24.8 Å². The van der Waals surface area contributed by atoms with Crippen molar-refractivity contribution in [2.24, 2.45) is 0 Å². The SMILES string of the molecule is COC1(CNc2nnccc2C#N)CCC1. The normalized spacial score (nSPS) is 17.2. The van der Waals surface area contributed by atoms with E-state index in [9.17, 15) is 0 Å². The highest BCUT2D eigenvalue weighted by molar-refractivity contribution is 5.50. The van der Waals surface area contributed by atoms with Gasteiger partial charge in [-0.15, -0.1) is 5.10 Å². The molecule has 1 saturated carbocycles. The van der Waals surface area contributed by atoms with Gasteiger partial charge in [-0.2, -0.15) is 10.4 Å². The highest BCUT2D eigenvalue weighted by Gasteiger charge is 2.36. The second-order valence-corrected chi connectivity index (χ2v) is 4.00. The summed E-state index contributed by atoms with van der Waals surface area (Å²) >= 11 is 0. The van der Waals surface area contributed by atoms with Gasteiger partial charge >= 0.3 is 0 Å². The highest BCUT2D eigenvalue weighted by atomic mass is 16.5. The predicted molar refractivity (Wildman–Crippen MR) is 58.8 cm³/mol. The Kier molecular flexibility index (Phi) is 3.02. The molecule has 1 aromatic heterocycles. The van der Waals surface area contributed by atoms with Gasteiger partial charge in [0, 0.05) is 13.7 Å². The number of hydrogen-bond acceptors (Lipinski definition) is 5. The van der Waals surface area contributed by atoms with Crippen molar-refractivity contribution in [3.63, 3.8) is 0 Å². The molecule has 84 valence electrons. The first-order chi connectivity index (χ1) is 7.79. The number of nitrogens with zero attached hydrogens (tertiary/aromatic N) is 3. The molecule has 16 heavy (non-hydrogen) atoms.